The second-order valence-electron chi connectivity index (χ2n) is 6.22. The summed E-state index contributed by atoms with van der Waals surface area (Å²) in [6.07, 6.45) is -0.524. The lowest BCUT2D eigenvalue weighted by Gasteiger charge is -2.37. The first kappa shape index (κ1) is 18.4. The van der Waals surface area contributed by atoms with Gasteiger partial charge in [-0.2, -0.15) is 0 Å². The maximum Gasteiger partial charge on any atom is 0.263 e. The molecule has 1 aliphatic heterocycles. The van der Waals surface area contributed by atoms with Crippen molar-refractivity contribution in [3.05, 3.63) is 53.6 Å². The van der Waals surface area contributed by atoms with Gasteiger partial charge in [0.2, 0.25) is 0 Å². The number of nitrogens with zero attached hydrogens (tertiary/aromatic N) is 2. The highest BCUT2D eigenvalue weighted by Gasteiger charge is 2.26. The zero-order chi connectivity index (χ0) is 18.5. The number of carbonyl (C=O) groups excluding carboxylic acids is 1. The molecule has 5 nitrogen and oxygen atoms in total. The lowest BCUT2D eigenvalue weighted by molar-refractivity contribution is -0.138. The van der Waals surface area contributed by atoms with Crippen LogP contribution in [0.4, 0.5) is 5.69 Å². The zero-order valence-electron chi connectivity index (χ0n) is 15.0. The summed E-state index contributed by atoms with van der Waals surface area (Å²) in [5.74, 6) is 1.50. The first-order valence-corrected chi connectivity index (χ1v) is 9.04. The van der Waals surface area contributed by atoms with E-state index in [1.165, 1.54) is 0 Å². The fraction of sp³-hybridized carbons (Fsp3) is 0.350. The van der Waals surface area contributed by atoms with Gasteiger partial charge >= 0.3 is 0 Å². The van der Waals surface area contributed by atoms with Crippen LogP contribution in [0.2, 0.25) is 5.02 Å². The normalized spacial score (nSPS) is 15.5. The summed E-state index contributed by atoms with van der Waals surface area (Å²) in [6.45, 7) is 4.74. The van der Waals surface area contributed by atoms with Crippen molar-refractivity contribution in [2.24, 2.45) is 0 Å². The average molecular weight is 375 g/mol. The monoisotopic (exact) mass is 374 g/mol. The van der Waals surface area contributed by atoms with E-state index >= 15 is 0 Å². The molecule has 0 N–H and O–H groups in total. The van der Waals surface area contributed by atoms with Gasteiger partial charge < -0.3 is 19.3 Å². The van der Waals surface area contributed by atoms with Gasteiger partial charge in [-0.3, -0.25) is 4.79 Å². The van der Waals surface area contributed by atoms with Crippen LogP contribution in [0.1, 0.15) is 6.92 Å². The largest absolute Gasteiger partial charge is 0.497 e. The molecular formula is C20H23ClN2O3. The molecule has 2 aromatic carbocycles. The van der Waals surface area contributed by atoms with Crippen molar-refractivity contribution in [1.82, 2.24) is 4.90 Å². The maximum atomic E-state index is 12.6. The Kier molecular flexibility index (Phi) is 5.89. The number of halogens is 1. The third-order valence-corrected chi connectivity index (χ3v) is 4.76. The lowest BCUT2D eigenvalue weighted by atomic mass is 10.2. The Hall–Kier alpha value is -2.40. The molecule has 1 aliphatic rings. The molecule has 1 amide bonds. The van der Waals surface area contributed by atoms with Crippen LogP contribution in [-0.2, 0) is 4.79 Å². The minimum atomic E-state index is -0.524. The summed E-state index contributed by atoms with van der Waals surface area (Å²) >= 11 is 5.87. The predicted octanol–water partition coefficient (Wildman–Crippen LogP) is 3.46. The van der Waals surface area contributed by atoms with Crippen LogP contribution in [0, 0.1) is 0 Å². The number of ether oxygens (including phenoxy) is 2. The van der Waals surface area contributed by atoms with Gasteiger partial charge in [0, 0.05) is 36.9 Å². The van der Waals surface area contributed by atoms with Crippen LogP contribution >= 0.6 is 11.6 Å². The molecule has 26 heavy (non-hydrogen) atoms. The summed E-state index contributed by atoms with van der Waals surface area (Å²) in [5.41, 5.74) is 1.14. The van der Waals surface area contributed by atoms with Crippen LogP contribution in [0.25, 0.3) is 0 Å². The van der Waals surface area contributed by atoms with Gasteiger partial charge in [-0.25, -0.2) is 0 Å². The number of anilines is 1. The van der Waals surface area contributed by atoms with Crippen molar-refractivity contribution in [2.75, 3.05) is 38.2 Å². The standard InChI is InChI=1S/C20H23ClN2O3/c1-15(26-19-7-3-16(21)4-8-19)20(24)23-13-11-22(12-14-23)17-5-9-18(25-2)10-6-17/h3-10,15H,11-14H2,1-2H3/t15-/m1/s1. The van der Waals surface area contributed by atoms with Crippen molar-refractivity contribution in [3.63, 3.8) is 0 Å². The van der Waals surface area contributed by atoms with E-state index in [9.17, 15) is 4.79 Å². The van der Waals surface area contributed by atoms with E-state index in [1.807, 2.05) is 29.2 Å². The Balaban J connectivity index is 1.53. The van der Waals surface area contributed by atoms with E-state index in [0.29, 0.717) is 23.9 Å². The number of methoxy groups -OCH3 is 1. The highest BCUT2D eigenvalue weighted by atomic mass is 35.5. The summed E-state index contributed by atoms with van der Waals surface area (Å²) in [6, 6.07) is 15.0. The van der Waals surface area contributed by atoms with E-state index in [1.54, 1.807) is 38.3 Å². The van der Waals surface area contributed by atoms with Gasteiger partial charge in [0.05, 0.1) is 7.11 Å². The molecule has 0 saturated carbocycles. The highest BCUT2D eigenvalue weighted by Crippen LogP contribution is 2.21. The fourth-order valence-corrected chi connectivity index (χ4v) is 3.13. The van der Waals surface area contributed by atoms with E-state index in [4.69, 9.17) is 21.1 Å². The smallest absolute Gasteiger partial charge is 0.263 e. The van der Waals surface area contributed by atoms with Crippen LogP contribution in [0.5, 0.6) is 11.5 Å². The molecular weight excluding hydrogens is 352 g/mol. The van der Waals surface area contributed by atoms with Crippen LogP contribution in [-0.4, -0.2) is 50.2 Å². The minimum absolute atomic E-state index is 0.00864. The van der Waals surface area contributed by atoms with Crippen molar-refractivity contribution < 1.29 is 14.3 Å². The molecule has 1 heterocycles. The number of rotatable bonds is 5. The van der Waals surface area contributed by atoms with Crippen LogP contribution in [0.15, 0.2) is 48.5 Å². The SMILES string of the molecule is COc1ccc(N2CCN(C(=O)[C@@H](C)Oc3ccc(Cl)cc3)CC2)cc1. The van der Waals surface area contributed by atoms with Crippen LogP contribution in [0.3, 0.4) is 0 Å². The van der Waals surface area contributed by atoms with Gasteiger partial charge in [0.15, 0.2) is 6.10 Å². The Labute approximate surface area is 159 Å². The Morgan fingerprint density at radius 1 is 0.962 bits per heavy atom. The molecule has 0 bridgehead atoms. The predicted molar refractivity (Wildman–Crippen MR) is 103 cm³/mol. The van der Waals surface area contributed by atoms with E-state index < -0.39 is 6.10 Å². The Morgan fingerprint density at radius 3 is 2.12 bits per heavy atom. The molecule has 0 unspecified atom stereocenters. The van der Waals surface area contributed by atoms with E-state index in [2.05, 4.69) is 4.90 Å². The highest BCUT2D eigenvalue weighted by molar-refractivity contribution is 6.30. The minimum Gasteiger partial charge on any atom is -0.497 e. The molecule has 6 heteroatoms. The molecule has 0 spiro atoms. The number of piperazine rings is 1. The molecule has 0 aromatic heterocycles. The van der Waals surface area contributed by atoms with Gasteiger partial charge in [0.25, 0.3) is 5.91 Å². The van der Waals surface area contributed by atoms with Gasteiger partial charge in [0.1, 0.15) is 11.5 Å². The summed E-state index contributed by atoms with van der Waals surface area (Å²) < 4.78 is 10.9. The Morgan fingerprint density at radius 2 is 1.54 bits per heavy atom. The van der Waals surface area contributed by atoms with Gasteiger partial charge in [-0.1, -0.05) is 11.6 Å². The first-order chi connectivity index (χ1) is 12.6. The molecule has 0 aliphatic carbocycles. The lowest BCUT2D eigenvalue weighted by Crippen LogP contribution is -2.52. The summed E-state index contributed by atoms with van der Waals surface area (Å²) in [5, 5.41) is 0.644. The van der Waals surface area contributed by atoms with Crippen molar-refractivity contribution in [2.45, 2.75) is 13.0 Å². The number of amides is 1. The zero-order valence-corrected chi connectivity index (χ0v) is 15.8. The number of hydrogen-bond acceptors (Lipinski definition) is 4. The fourth-order valence-electron chi connectivity index (χ4n) is 3.00. The third kappa shape index (κ3) is 4.41. The van der Waals surface area contributed by atoms with Crippen molar-refractivity contribution >= 4 is 23.2 Å². The molecule has 138 valence electrons. The number of hydrogen-bond donors (Lipinski definition) is 0. The number of carbonyl (C=O) groups is 1. The van der Waals surface area contributed by atoms with Crippen molar-refractivity contribution in [3.8, 4) is 11.5 Å². The third-order valence-electron chi connectivity index (χ3n) is 4.50. The number of benzene rings is 2. The van der Waals surface area contributed by atoms with Gasteiger partial charge in [-0.15, -0.1) is 0 Å². The summed E-state index contributed by atoms with van der Waals surface area (Å²) in [7, 11) is 1.66. The second-order valence-corrected chi connectivity index (χ2v) is 6.66. The first-order valence-electron chi connectivity index (χ1n) is 8.67. The van der Waals surface area contributed by atoms with E-state index in [-0.39, 0.29) is 5.91 Å². The van der Waals surface area contributed by atoms with Gasteiger partial charge in [-0.05, 0) is 55.5 Å². The summed E-state index contributed by atoms with van der Waals surface area (Å²) in [4.78, 5) is 16.8. The van der Waals surface area contributed by atoms with Crippen molar-refractivity contribution in [1.29, 1.82) is 0 Å². The second kappa shape index (κ2) is 8.32. The quantitative estimate of drug-likeness (QED) is 0.803. The van der Waals surface area contributed by atoms with E-state index in [0.717, 1.165) is 24.5 Å². The molecule has 0 radical (unpaired) electrons. The maximum absolute atomic E-state index is 12.6. The Bertz CT molecular complexity index is 726. The molecule has 1 saturated heterocycles. The topological polar surface area (TPSA) is 42.0 Å². The molecule has 2 aromatic rings. The van der Waals surface area contributed by atoms with Crippen LogP contribution < -0.4 is 14.4 Å². The molecule has 1 fully saturated rings. The molecule has 3 rings (SSSR count). The average Bonchev–Trinajstić information content (AvgIpc) is 2.69. The molecule has 1 atom stereocenters.